The van der Waals surface area contributed by atoms with Gasteiger partial charge in [0.1, 0.15) is 5.75 Å². The zero-order valence-corrected chi connectivity index (χ0v) is 15.1. The molecular weight excluding hydrogens is 331 g/mol. The maximum Gasteiger partial charge on any atom is 0.165 e. The van der Waals surface area contributed by atoms with Crippen LogP contribution in [0.15, 0.2) is 36.5 Å². The monoisotopic (exact) mass is 356 g/mol. The van der Waals surface area contributed by atoms with Gasteiger partial charge in [0.25, 0.3) is 0 Å². The van der Waals surface area contributed by atoms with E-state index in [1.165, 1.54) is 12.3 Å². The molecule has 2 heterocycles. The molecule has 0 spiro atoms. The Kier molecular flexibility index (Phi) is 4.81. The van der Waals surface area contributed by atoms with Gasteiger partial charge in [0.2, 0.25) is 0 Å². The van der Waals surface area contributed by atoms with E-state index in [1.54, 1.807) is 12.1 Å². The largest absolute Gasteiger partial charge is 0.506 e. The van der Waals surface area contributed by atoms with Crippen LogP contribution < -0.4 is 4.74 Å². The van der Waals surface area contributed by atoms with Crippen molar-refractivity contribution >= 4 is 0 Å². The summed E-state index contributed by atoms with van der Waals surface area (Å²) in [6.45, 7) is 5.04. The summed E-state index contributed by atoms with van der Waals surface area (Å²) in [7, 11) is 0. The third-order valence-corrected chi connectivity index (χ3v) is 5.66. The normalized spacial score (nSPS) is 25.4. The van der Waals surface area contributed by atoms with Crippen LogP contribution in [0.3, 0.4) is 0 Å². The van der Waals surface area contributed by atoms with Crippen molar-refractivity contribution in [3.8, 4) is 11.5 Å². The lowest BCUT2D eigenvalue weighted by Crippen LogP contribution is -2.26. The molecule has 0 bridgehead atoms. The van der Waals surface area contributed by atoms with Gasteiger partial charge in [-0.2, -0.15) is 0 Å². The van der Waals surface area contributed by atoms with Crippen LogP contribution in [0.2, 0.25) is 0 Å². The van der Waals surface area contributed by atoms with E-state index in [1.807, 2.05) is 19.1 Å². The highest BCUT2D eigenvalue weighted by Crippen LogP contribution is 2.40. The maximum absolute atomic E-state index is 14.0. The lowest BCUT2D eigenvalue weighted by atomic mass is 10.0. The number of benzene rings is 1. The summed E-state index contributed by atoms with van der Waals surface area (Å²) >= 11 is 0. The van der Waals surface area contributed by atoms with Crippen molar-refractivity contribution in [1.29, 1.82) is 0 Å². The molecule has 4 nitrogen and oxygen atoms in total. The molecule has 2 fully saturated rings. The second kappa shape index (κ2) is 7.23. The number of nitrogens with zero attached hydrogens (tertiary/aromatic N) is 2. The highest BCUT2D eigenvalue weighted by Gasteiger charge is 2.41. The Balaban J connectivity index is 1.26. The molecule has 138 valence electrons. The second-order valence-electron chi connectivity index (χ2n) is 7.68. The highest BCUT2D eigenvalue weighted by molar-refractivity contribution is 5.29. The van der Waals surface area contributed by atoms with E-state index in [0.717, 1.165) is 50.2 Å². The zero-order chi connectivity index (χ0) is 18.1. The SMILES string of the molecule is Cc1ccc(OC2C[C@@H]3CN(CCc4ccc(O)cn4)C[C@@H]3C2)c(F)c1. The summed E-state index contributed by atoms with van der Waals surface area (Å²) in [6, 6.07) is 8.74. The van der Waals surface area contributed by atoms with Gasteiger partial charge in [0, 0.05) is 31.7 Å². The summed E-state index contributed by atoms with van der Waals surface area (Å²) in [5, 5.41) is 9.30. The van der Waals surface area contributed by atoms with E-state index in [0.29, 0.717) is 17.6 Å². The molecule has 0 amide bonds. The van der Waals surface area contributed by atoms with Gasteiger partial charge in [-0.25, -0.2) is 4.39 Å². The first-order chi connectivity index (χ1) is 12.6. The molecule has 1 aliphatic carbocycles. The first-order valence-corrected chi connectivity index (χ1v) is 9.36. The Bertz CT molecular complexity index is 751. The molecule has 0 radical (unpaired) electrons. The molecule has 2 aliphatic rings. The van der Waals surface area contributed by atoms with Gasteiger partial charge in [-0.1, -0.05) is 6.07 Å². The van der Waals surface area contributed by atoms with Crippen molar-refractivity contribution < 1.29 is 14.2 Å². The third kappa shape index (κ3) is 3.83. The van der Waals surface area contributed by atoms with Gasteiger partial charge in [-0.15, -0.1) is 0 Å². The van der Waals surface area contributed by atoms with Gasteiger partial charge in [-0.05, 0) is 61.4 Å². The number of aromatic hydroxyl groups is 1. The molecule has 1 aromatic carbocycles. The number of likely N-dealkylation sites (tertiary alicyclic amines) is 1. The smallest absolute Gasteiger partial charge is 0.165 e. The Morgan fingerprint density at radius 3 is 2.62 bits per heavy atom. The number of hydrogen-bond donors (Lipinski definition) is 1. The molecule has 2 aromatic rings. The number of aromatic nitrogens is 1. The lowest BCUT2D eigenvalue weighted by Gasteiger charge is -2.20. The Morgan fingerprint density at radius 1 is 1.19 bits per heavy atom. The van der Waals surface area contributed by atoms with E-state index < -0.39 is 0 Å². The van der Waals surface area contributed by atoms with Crippen molar-refractivity contribution in [3.05, 3.63) is 53.6 Å². The summed E-state index contributed by atoms with van der Waals surface area (Å²) in [5.41, 5.74) is 1.92. The van der Waals surface area contributed by atoms with Crippen LogP contribution in [0.4, 0.5) is 4.39 Å². The molecule has 1 unspecified atom stereocenters. The van der Waals surface area contributed by atoms with Gasteiger partial charge < -0.3 is 14.7 Å². The molecule has 1 saturated carbocycles. The van der Waals surface area contributed by atoms with Gasteiger partial charge in [0.15, 0.2) is 11.6 Å². The summed E-state index contributed by atoms with van der Waals surface area (Å²) in [5.74, 6) is 1.61. The van der Waals surface area contributed by atoms with Crippen LogP contribution in [0.1, 0.15) is 24.1 Å². The van der Waals surface area contributed by atoms with E-state index in [4.69, 9.17) is 4.74 Å². The van der Waals surface area contributed by atoms with Crippen LogP contribution in [-0.2, 0) is 6.42 Å². The van der Waals surface area contributed by atoms with Gasteiger partial charge in [-0.3, -0.25) is 4.98 Å². The van der Waals surface area contributed by atoms with E-state index in [2.05, 4.69) is 9.88 Å². The molecule has 1 N–H and O–H groups in total. The topological polar surface area (TPSA) is 45.6 Å². The fraction of sp³-hybridized carbons (Fsp3) is 0.476. The van der Waals surface area contributed by atoms with Gasteiger partial charge >= 0.3 is 0 Å². The maximum atomic E-state index is 14.0. The molecule has 3 atom stereocenters. The van der Waals surface area contributed by atoms with E-state index in [9.17, 15) is 9.50 Å². The number of pyridine rings is 1. The lowest BCUT2D eigenvalue weighted by molar-refractivity contribution is 0.179. The molecule has 1 aliphatic heterocycles. The molecule has 4 rings (SSSR count). The molecule has 26 heavy (non-hydrogen) atoms. The van der Waals surface area contributed by atoms with Crippen LogP contribution >= 0.6 is 0 Å². The average Bonchev–Trinajstić information content (AvgIpc) is 3.15. The molecular formula is C21H25FN2O2. The Hall–Kier alpha value is -2.14. The van der Waals surface area contributed by atoms with Crippen LogP contribution in [-0.4, -0.2) is 40.7 Å². The predicted molar refractivity (Wildman–Crippen MR) is 97.8 cm³/mol. The van der Waals surface area contributed by atoms with E-state index in [-0.39, 0.29) is 17.7 Å². The van der Waals surface area contributed by atoms with Crippen LogP contribution in [0, 0.1) is 24.6 Å². The third-order valence-electron chi connectivity index (χ3n) is 5.66. The minimum atomic E-state index is -0.259. The van der Waals surface area contributed by atoms with Crippen molar-refractivity contribution in [2.45, 2.75) is 32.3 Å². The summed E-state index contributed by atoms with van der Waals surface area (Å²) in [6.07, 6.45) is 4.54. The molecule has 1 saturated heterocycles. The van der Waals surface area contributed by atoms with Gasteiger partial charge in [0.05, 0.1) is 12.3 Å². The van der Waals surface area contributed by atoms with Crippen LogP contribution in [0.25, 0.3) is 0 Å². The zero-order valence-electron chi connectivity index (χ0n) is 15.1. The summed E-state index contributed by atoms with van der Waals surface area (Å²) in [4.78, 5) is 6.75. The number of ether oxygens (including phenoxy) is 1. The van der Waals surface area contributed by atoms with Crippen LogP contribution in [0.5, 0.6) is 11.5 Å². The first-order valence-electron chi connectivity index (χ1n) is 9.36. The predicted octanol–water partition coefficient (Wildman–Crippen LogP) is 3.57. The van der Waals surface area contributed by atoms with Crippen molar-refractivity contribution in [1.82, 2.24) is 9.88 Å². The average molecular weight is 356 g/mol. The quantitative estimate of drug-likeness (QED) is 0.890. The van der Waals surface area contributed by atoms with Crippen molar-refractivity contribution in [2.75, 3.05) is 19.6 Å². The Morgan fingerprint density at radius 2 is 1.96 bits per heavy atom. The van der Waals surface area contributed by atoms with E-state index >= 15 is 0 Å². The fourth-order valence-electron chi connectivity index (χ4n) is 4.34. The Labute approximate surface area is 153 Å². The fourth-order valence-corrected chi connectivity index (χ4v) is 4.34. The number of fused-ring (bicyclic) bond motifs is 1. The molecule has 5 heteroatoms. The minimum Gasteiger partial charge on any atom is -0.506 e. The highest BCUT2D eigenvalue weighted by atomic mass is 19.1. The molecule has 1 aromatic heterocycles. The number of aryl methyl sites for hydroxylation is 1. The minimum absolute atomic E-state index is 0.128. The van der Waals surface area contributed by atoms with Crippen molar-refractivity contribution in [3.63, 3.8) is 0 Å². The summed E-state index contributed by atoms with van der Waals surface area (Å²) < 4.78 is 19.9. The second-order valence-corrected chi connectivity index (χ2v) is 7.68. The number of halogens is 1. The standard InChI is InChI=1S/C21H25FN2O2/c1-14-2-5-21(20(22)8-14)26-19-9-15-12-24(13-16(15)10-19)7-6-17-3-4-18(25)11-23-17/h2-5,8,11,15-16,19,25H,6-7,9-10,12-13H2,1H3/t15-,16+,19?. The number of hydrogen-bond acceptors (Lipinski definition) is 4. The first kappa shape index (κ1) is 17.3. The van der Waals surface area contributed by atoms with Crippen molar-refractivity contribution in [2.24, 2.45) is 11.8 Å². The number of rotatable bonds is 5.